The van der Waals surface area contributed by atoms with Crippen molar-refractivity contribution in [2.24, 2.45) is 5.11 Å². The van der Waals surface area contributed by atoms with Crippen molar-refractivity contribution in [1.29, 1.82) is 0 Å². The number of hydrogen-bond donors (Lipinski definition) is 1. The first-order valence-electron chi connectivity index (χ1n) is 30.6. The molecule has 6 aliphatic rings. The highest BCUT2D eigenvalue weighted by molar-refractivity contribution is 6.26. The Balaban J connectivity index is 0.954. The zero-order valence-corrected chi connectivity index (χ0v) is 50.8. The van der Waals surface area contributed by atoms with Gasteiger partial charge in [-0.15, -0.1) is 11.6 Å². The lowest BCUT2D eigenvalue weighted by atomic mass is 9.93. The largest absolute Gasteiger partial charge is 0.454 e. The molecular weight excluding hydrogens is 1230 g/mol. The molecule has 486 valence electrons. The molecule has 2 amide bonds. The monoisotopic (exact) mass is 1290 g/mol. The molecule has 5 fully saturated rings. The number of nitrogens with zero attached hydrogens (tertiary/aromatic N) is 4. The third kappa shape index (κ3) is 15.0. The van der Waals surface area contributed by atoms with E-state index >= 15 is 9.59 Å². The molecule has 12 rings (SSSR count). The normalized spacial score (nSPS) is 29.8. The van der Waals surface area contributed by atoms with Crippen LogP contribution in [-0.4, -0.2) is 171 Å². The number of hydrogen-bond acceptors (Lipinski definition) is 21. The molecule has 0 radical (unpaired) electrons. The Bertz CT molecular complexity index is 3510. The predicted octanol–water partition coefficient (Wildman–Crippen LogP) is 8.50. The maximum atomic E-state index is 15.1. The molecule has 25 heteroatoms. The van der Waals surface area contributed by atoms with Gasteiger partial charge in [0.1, 0.15) is 60.8 Å². The van der Waals surface area contributed by atoms with E-state index in [1.807, 2.05) is 42.5 Å². The van der Waals surface area contributed by atoms with Gasteiger partial charge in [0, 0.05) is 29.2 Å². The van der Waals surface area contributed by atoms with Gasteiger partial charge in [0.2, 0.25) is 0 Å². The Morgan fingerprint density at radius 3 is 1.63 bits per heavy atom. The minimum absolute atomic E-state index is 0.00371. The standard InChI is InChI=1S/C68H67ClN4O20/c69-35-50(74)87-56-54-49(39-83-64(91-54)43-27-13-4-14-28-43)86-68(59(56)89-63(79)42-25-11-3-12-26-42)90-53-47(37-80-36-40-21-7-1-8-22-40)84-66(51(52(53)75)73-60(76)45-31-17-18-32-46(45)61(73)77)93-57-55-48(38-82-65(92-55)44-29-15-5-16-30-44)85-67(81-34-20-6-19-33-71-72-70)58(57)88-62(78)41-23-9-2-10-24-41/h1-5,7-18,21-32,47-49,51-59,64-68,75H,6,19-20,33-39H2/t47-,48-,49-,51-,52-,53-,54+,55+,56+,57+,58-,59-,64?,65?,66+,67-,68+/m1/s1. The lowest BCUT2D eigenvalue weighted by Crippen LogP contribution is -2.71. The van der Waals surface area contributed by atoms with E-state index in [0.717, 1.165) is 10.5 Å². The summed E-state index contributed by atoms with van der Waals surface area (Å²) in [6, 6.07) is 47.5. The summed E-state index contributed by atoms with van der Waals surface area (Å²) in [6.07, 6.45) is -21.7. The number of imide groups is 1. The molecule has 17 atom stereocenters. The van der Waals surface area contributed by atoms with Crippen molar-refractivity contribution >= 4 is 41.3 Å². The van der Waals surface area contributed by atoms with Crippen LogP contribution in [0.3, 0.4) is 0 Å². The van der Waals surface area contributed by atoms with E-state index in [1.165, 1.54) is 24.3 Å². The van der Waals surface area contributed by atoms with Gasteiger partial charge in [-0.05, 0) is 60.3 Å². The molecule has 6 heterocycles. The maximum Gasteiger partial charge on any atom is 0.338 e. The Morgan fingerprint density at radius 2 is 1.08 bits per heavy atom. The zero-order valence-electron chi connectivity index (χ0n) is 50.0. The van der Waals surface area contributed by atoms with Crippen LogP contribution >= 0.6 is 11.6 Å². The highest BCUT2D eigenvalue weighted by atomic mass is 35.5. The molecule has 6 aromatic carbocycles. The van der Waals surface area contributed by atoms with Crippen molar-refractivity contribution in [2.45, 2.75) is 131 Å². The number of fused-ring (bicyclic) bond motifs is 3. The number of aliphatic hydroxyl groups is 1. The van der Waals surface area contributed by atoms with Crippen molar-refractivity contribution in [3.8, 4) is 0 Å². The molecule has 24 nitrogen and oxygen atoms in total. The van der Waals surface area contributed by atoms with E-state index in [9.17, 15) is 19.5 Å². The Labute approximate surface area is 539 Å². The summed E-state index contributed by atoms with van der Waals surface area (Å²) in [6.45, 7) is -0.404. The highest BCUT2D eigenvalue weighted by Gasteiger charge is 2.62. The molecular formula is C68H67ClN4O20. The Morgan fingerprint density at radius 1 is 0.570 bits per heavy atom. The van der Waals surface area contributed by atoms with Crippen LogP contribution in [0.1, 0.15) is 90.0 Å². The second-order valence-corrected chi connectivity index (χ2v) is 22.9. The molecule has 0 aliphatic carbocycles. The van der Waals surface area contributed by atoms with Crippen molar-refractivity contribution in [3.05, 3.63) is 225 Å². The quantitative estimate of drug-likeness (QED) is 0.00868. The summed E-state index contributed by atoms with van der Waals surface area (Å²) in [5.74, 6) is -4.95. The molecule has 0 bridgehead atoms. The van der Waals surface area contributed by atoms with Gasteiger partial charge in [0.05, 0.1) is 48.7 Å². The Hall–Kier alpha value is -8.01. The molecule has 0 aromatic heterocycles. The summed E-state index contributed by atoms with van der Waals surface area (Å²) in [5, 5.41) is 17.3. The SMILES string of the molecule is [N-]=[N+]=NCCCCCO[C@@H]1O[C@@H]2COC(c3ccccc3)O[C@@H]2[C@H](O[C@@H]2O[C@H](COCc3ccccc3)[C@@H](O[C@@H]3O[C@@H]4COC(c5ccccc5)O[C@@H]4[C@H](OC(=O)CCl)[C@H]3OC(=O)c3ccccc3)[C@H](O)[C@H]2N2C(=O)c3ccccc3C2=O)[C@H]1OC(=O)c1ccccc1. The average Bonchev–Trinajstić information content (AvgIpc) is 1.74. The lowest BCUT2D eigenvalue weighted by molar-refractivity contribution is -0.399. The number of rotatable bonds is 24. The number of aliphatic hydroxyl groups excluding tert-OH is 1. The number of alkyl halides is 1. The zero-order chi connectivity index (χ0) is 64.2. The fourth-order valence-corrected chi connectivity index (χ4v) is 12.2. The van der Waals surface area contributed by atoms with Gasteiger partial charge in [0.25, 0.3) is 11.8 Å². The number of unbranched alkanes of at least 4 members (excludes halogenated alkanes) is 2. The summed E-state index contributed by atoms with van der Waals surface area (Å²) < 4.78 is 92.4. The number of benzene rings is 6. The van der Waals surface area contributed by atoms with Gasteiger partial charge in [0.15, 0.2) is 49.8 Å². The number of carbonyl (C=O) groups excluding carboxylic acids is 5. The number of esters is 3. The second kappa shape index (κ2) is 30.8. The summed E-state index contributed by atoms with van der Waals surface area (Å²) in [5.41, 5.74) is 11.1. The summed E-state index contributed by atoms with van der Waals surface area (Å²) >= 11 is 6.14. The predicted molar refractivity (Wildman–Crippen MR) is 324 cm³/mol. The van der Waals surface area contributed by atoms with Gasteiger partial charge in [-0.1, -0.05) is 151 Å². The number of carbonyl (C=O) groups is 5. The average molecular weight is 1300 g/mol. The van der Waals surface area contributed by atoms with Crippen LogP contribution in [0.2, 0.25) is 0 Å². The van der Waals surface area contributed by atoms with Crippen LogP contribution in [-0.2, 0) is 77.7 Å². The van der Waals surface area contributed by atoms with Gasteiger partial charge >= 0.3 is 17.9 Å². The number of azide groups is 1. The van der Waals surface area contributed by atoms with Crippen molar-refractivity contribution in [1.82, 2.24) is 4.90 Å². The van der Waals surface area contributed by atoms with Crippen LogP contribution in [0.15, 0.2) is 181 Å². The molecule has 0 saturated carbocycles. The van der Waals surface area contributed by atoms with E-state index in [2.05, 4.69) is 10.0 Å². The highest BCUT2D eigenvalue weighted by Crippen LogP contribution is 2.43. The van der Waals surface area contributed by atoms with E-state index in [0.29, 0.717) is 30.4 Å². The first-order valence-corrected chi connectivity index (χ1v) is 31.2. The Kier molecular flexibility index (Phi) is 21.6. The maximum absolute atomic E-state index is 15.1. The first-order chi connectivity index (χ1) is 45.5. The molecule has 6 aliphatic heterocycles. The molecule has 93 heavy (non-hydrogen) atoms. The summed E-state index contributed by atoms with van der Waals surface area (Å²) in [7, 11) is 0. The minimum Gasteiger partial charge on any atom is -0.454 e. The number of amides is 2. The van der Waals surface area contributed by atoms with E-state index in [4.69, 9.17) is 83.4 Å². The van der Waals surface area contributed by atoms with Crippen molar-refractivity contribution in [3.63, 3.8) is 0 Å². The van der Waals surface area contributed by atoms with E-state index in [1.54, 1.807) is 109 Å². The van der Waals surface area contributed by atoms with Crippen LogP contribution in [0.5, 0.6) is 0 Å². The van der Waals surface area contributed by atoms with Gasteiger partial charge in [-0.25, -0.2) is 9.59 Å². The van der Waals surface area contributed by atoms with Crippen molar-refractivity contribution in [2.75, 3.05) is 38.9 Å². The van der Waals surface area contributed by atoms with Crippen LogP contribution in [0, 0.1) is 0 Å². The molecule has 6 aromatic rings. The third-order valence-electron chi connectivity index (χ3n) is 16.6. The van der Waals surface area contributed by atoms with Crippen molar-refractivity contribution < 1.29 is 95.4 Å². The van der Waals surface area contributed by atoms with Crippen LogP contribution < -0.4 is 0 Å². The first kappa shape index (κ1) is 65.1. The molecule has 1 N–H and O–H groups in total. The number of halogens is 1. The van der Waals surface area contributed by atoms with Crippen LogP contribution in [0.4, 0.5) is 0 Å². The van der Waals surface area contributed by atoms with Gasteiger partial charge in [-0.3, -0.25) is 19.3 Å². The minimum atomic E-state index is -2.06. The fourth-order valence-electron chi connectivity index (χ4n) is 12.1. The third-order valence-corrected chi connectivity index (χ3v) is 16.8. The lowest BCUT2D eigenvalue weighted by Gasteiger charge is -2.53. The van der Waals surface area contributed by atoms with E-state index < -0.39 is 147 Å². The summed E-state index contributed by atoms with van der Waals surface area (Å²) in [4.78, 5) is 76.4. The van der Waals surface area contributed by atoms with Gasteiger partial charge < -0.3 is 71.4 Å². The van der Waals surface area contributed by atoms with Crippen LogP contribution in [0.25, 0.3) is 10.4 Å². The molecule has 2 unspecified atom stereocenters. The topological polar surface area (TPSA) is 287 Å². The number of ether oxygens (including phenoxy) is 14. The van der Waals surface area contributed by atoms with Gasteiger partial charge in [-0.2, -0.15) is 0 Å². The second-order valence-electron chi connectivity index (χ2n) is 22.6. The fraction of sp³-hybridized carbons (Fsp3) is 0.397. The smallest absolute Gasteiger partial charge is 0.338 e. The molecule has 0 spiro atoms. The molecule has 5 saturated heterocycles. The van der Waals surface area contributed by atoms with E-state index in [-0.39, 0.29) is 55.2 Å².